The van der Waals surface area contributed by atoms with Crippen molar-refractivity contribution in [1.29, 1.82) is 0 Å². The molecule has 4 N–H and O–H groups in total. The van der Waals surface area contributed by atoms with Crippen LogP contribution in [0.3, 0.4) is 0 Å². The first kappa shape index (κ1) is 31.0. The second-order valence-corrected chi connectivity index (χ2v) is 11.1. The van der Waals surface area contributed by atoms with E-state index in [2.05, 4.69) is 10.6 Å². The number of hydrogen-bond acceptors (Lipinski definition) is 7. The molecule has 37 heavy (non-hydrogen) atoms. The monoisotopic (exact) mass is 631 g/mol. The highest BCUT2D eigenvalue weighted by molar-refractivity contribution is 14.1. The minimum Gasteiger partial charge on any atom is -0.496 e. The third-order valence-electron chi connectivity index (χ3n) is 6.67. The zero-order valence-corrected chi connectivity index (χ0v) is 24.0. The lowest BCUT2D eigenvalue weighted by Crippen LogP contribution is -2.56. The van der Waals surface area contributed by atoms with Crippen LogP contribution in [0.1, 0.15) is 64.0 Å². The number of nitrogens with zero attached hydrogens (tertiary/aromatic N) is 1. The number of carbonyl (C=O) groups excluding carboxylic acids is 3. The van der Waals surface area contributed by atoms with Gasteiger partial charge in [0.25, 0.3) is 5.91 Å². The molecule has 11 heteroatoms. The number of aliphatic hydroxyl groups is 1. The summed E-state index contributed by atoms with van der Waals surface area (Å²) in [5.41, 5.74) is 0.250. The van der Waals surface area contributed by atoms with Gasteiger partial charge in [0, 0.05) is 15.2 Å². The lowest BCUT2D eigenvalue weighted by Gasteiger charge is -2.32. The van der Waals surface area contributed by atoms with Crippen molar-refractivity contribution in [1.82, 2.24) is 15.5 Å². The predicted octanol–water partition coefficient (Wildman–Crippen LogP) is 2.27. The summed E-state index contributed by atoms with van der Waals surface area (Å²) in [4.78, 5) is 52.4. The third-order valence-corrected chi connectivity index (χ3v) is 7.34. The van der Waals surface area contributed by atoms with Crippen molar-refractivity contribution < 1.29 is 34.1 Å². The number of carboxylic acid groups (broad SMARTS) is 1. The molecule has 0 radical (unpaired) electrons. The second-order valence-electron chi connectivity index (χ2n) is 9.85. The van der Waals surface area contributed by atoms with Gasteiger partial charge in [0.05, 0.1) is 26.1 Å². The Morgan fingerprint density at radius 2 is 1.76 bits per heavy atom. The molecule has 10 nitrogen and oxygen atoms in total. The van der Waals surface area contributed by atoms with Crippen LogP contribution in [-0.4, -0.2) is 77.5 Å². The van der Waals surface area contributed by atoms with Crippen LogP contribution in [0, 0.1) is 9.49 Å². The standard InChI is InChI=1S/C26H38IN3O7/c1-15(2)23(29-26(36)24(34)18-12-16(27)10-11-21(18)37-4)25(35)28-19(13-22(32)33)20(31)14-30(3)17-8-6-5-7-9-17/h10-12,15,17,19,23-24,34H,5-9,13-14H2,1-4H3,(H,28,35)(H,29,36)(H,32,33)/t19?,23-,24?/m0/s1. The molecule has 3 atom stereocenters. The maximum absolute atomic E-state index is 13.1. The van der Waals surface area contributed by atoms with E-state index in [4.69, 9.17) is 4.74 Å². The van der Waals surface area contributed by atoms with Gasteiger partial charge in [0.1, 0.15) is 11.8 Å². The SMILES string of the molecule is COc1ccc(I)cc1C(O)C(=O)N[C@H](C(=O)NC(CC(=O)O)C(=O)CN(C)C1CCCCC1)C(C)C. The number of aliphatic hydroxyl groups excluding tert-OH is 1. The Morgan fingerprint density at radius 3 is 2.32 bits per heavy atom. The number of Topliss-reactive ketones (excluding diaryl/α,β-unsaturated/α-hetero) is 1. The number of amides is 2. The largest absolute Gasteiger partial charge is 0.496 e. The molecule has 0 aromatic heterocycles. The minimum atomic E-state index is -1.60. The number of methoxy groups -OCH3 is 1. The topological polar surface area (TPSA) is 145 Å². The number of ether oxygens (including phenoxy) is 1. The van der Waals surface area contributed by atoms with Crippen LogP contribution in [0.2, 0.25) is 0 Å². The molecule has 206 valence electrons. The molecule has 2 unspecified atom stereocenters. The summed E-state index contributed by atoms with van der Waals surface area (Å²) in [7, 11) is 3.26. The van der Waals surface area contributed by atoms with Crippen molar-refractivity contribution in [3.05, 3.63) is 27.3 Å². The zero-order valence-electron chi connectivity index (χ0n) is 21.8. The van der Waals surface area contributed by atoms with Crippen molar-refractivity contribution in [3.63, 3.8) is 0 Å². The molecule has 0 spiro atoms. The zero-order chi connectivity index (χ0) is 27.7. The number of likely N-dealkylation sites (N-methyl/N-ethyl adjacent to an activating group) is 1. The fourth-order valence-electron chi connectivity index (χ4n) is 4.52. The summed E-state index contributed by atoms with van der Waals surface area (Å²) in [5.74, 6) is -3.20. The Balaban J connectivity index is 2.12. The Kier molecular flexibility index (Phi) is 12.2. The Bertz CT molecular complexity index is 965. The summed E-state index contributed by atoms with van der Waals surface area (Å²) >= 11 is 2.05. The summed E-state index contributed by atoms with van der Waals surface area (Å²) in [6, 6.07) is 2.92. The fraction of sp³-hybridized carbons (Fsp3) is 0.615. The maximum Gasteiger partial charge on any atom is 0.305 e. The van der Waals surface area contributed by atoms with Crippen molar-refractivity contribution >= 4 is 46.2 Å². The number of halogens is 1. The van der Waals surface area contributed by atoms with E-state index < -0.39 is 54.1 Å². The van der Waals surface area contributed by atoms with Crippen molar-refractivity contribution in [3.8, 4) is 5.75 Å². The number of hydrogen-bond donors (Lipinski definition) is 4. The Morgan fingerprint density at radius 1 is 1.11 bits per heavy atom. The van der Waals surface area contributed by atoms with Gasteiger partial charge in [-0.05, 0) is 66.6 Å². The number of benzene rings is 1. The summed E-state index contributed by atoms with van der Waals surface area (Å²) in [6.07, 6.45) is 3.15. The van der Waals surface area contributed by atoms with E-state index >= 15 is 0 Å². The average molecular weight is 632 g/mol. The van der Waals surface area contributed by atoms with Gasteiger partial charge in [-0.15, -0.1) is 0 Å². The van der Waals surface area contributed by atoms with Crippen molar-refractivity contribution in [2.75, 3.05) is 20.7 Å². The van der Waals surface area contributed by atoms with E-state index in [1.165, 1.54) is 13.5 Å². The second kappa shape index (κ2) is 14.6. The maximum atomic E-state index is 13.1. The van der Waals surface area contributed by atoms with Crippen LogP contribution in [0.5, 0.6) is 5.75 Å². The quantitative estimate of drug-likeness (QED) is 0.243. The van der Waals surface area contributed by atoms with Crippen LogP contribution in [0.15, 0.2) is 18.2 Å². The predicted molar refractivity (Wildman–Crippen MR) is 146 cm³/mol. The smallest absolute Gasteiger partial charge is 0.305 e. The van der Waals surface area contributed by atoms with E-state index in [9.17, 15) is 29.4 Å². The van der Waals surface area contributed by atoms with Gasteiger partial charge < -0.3 is 25.6 Å². The molecular weight excluding hydrogens is 593 g/mol. The lowest BCUT2D eigenvalue weighted by molar-refractivity contribution is -0.141. The van der Waals surface area contributed by atoms with Gasteiger partial charge in [0.15, 0.2) is 11.9 Å². The number of ketones is 1. The highest BCUT2D eigenvalue weighted by atomic mass is 127. The minimum absolute atomic E-state index is 0.0206. The van der Waals surface area contributed by atoms with Gasteiger partial charge in [-0.3, -0.25) is 24.1 Å². The first-order chi connectivity index (χ1) is 17.4. The van der Waals surface area contributed by atoms with E-state index in [-0.39, 0.29) is 18.2 Å². The molecule has 0 bridgehead atoms. The van der Waals surface area contributed by atoms with Gasteiger partial charge in [0.2, 0.25) is 5.91 Å². The third kappa shape index (κ3) is 9.22. The number of rotatable bonds is 13. The number of carbonyl (C=O) groups is 4. The molecule has 1 fully saturated rings. The molecular formula is C26H38IN3O7. The molecule has 2 amide bonds. The molecule has 1 aliphatic rings. The summed E-state index contributed by atoms with van der Waals surface area (Å²) < 4.78 is 6.03. The lowest BCUT2D eigenvalue weighted by atomic mass is 9.94. The molecule has 0 heterocycles. The molecule has 0 saturated heterocycles. The first-order valence-corrected chi connectivity index (χ1v) is 13.6. The molecule has 1 aliphatic carbocycles. The molecule has 1 aromatic carbocycles. The van der Waals surface area contributed by atoms with E-state index in [1.54, 1.807) is 32.0 Å². The number of carboxylic acids is 1. The van der Waals surface area contributed by atoms with Crippen molar-refractivity contribution in [2.45, 2.75) is 76.6 Å². The van der Waals surface area contributed by atoms with Crippen LogP contribution in [0.4, 0.5) is 0 Å². The molecule has 2 rings (SSSR count). The van der Waals surface area contributed by atoms with E-state index in [0.29, 0.717) is 5.75 Å². The highest BCUT2D eigenvalue weighted by Crippen LogP contribution is 2.27. The molecule has 0 aliphatic heterocycles. The number of aliphatic carboxylic acids is 1. The van der Waals surface area contributed by atoms with Gasteiger partial charge in [-0.25, -0.2) is 0 Å². The van der Waals surface area contributed by atoms with Gasteiger partial charge in [-0.1, -0.05) is 33.1 Å². The highest BCUT2D eigenvalue weighted by Gasteiger charge is 2.33. The Hall–Kier alpha value is -2.25. The van der Waals surface area contributed by atoms with Crippen LogP contribution in [0.25, 0.3) is 0 Å². The molecule has 1 aromatic rings. The average Bonchev–Trinajstić information content (AvgIpc) is 2.86. The van der Waals surface area contributed by atoms with Crippen molar-refractivity contribution in [2.24, 2.45) is 5.92 Å². The van der Waals surface area contributed by atoms with Crippen LogP contribution < -0.4 is 15.4 Å². The summed E-state index contributed by atoms with van der Waals surface area (Å²) in [5, 5.41) is 25.1. The van der Waals surface area contributed by atoms with E-state index in [0.717, 1.165) is 29.3 Å². The normalized spacial score (nSPS) is 16.6. The first-order valence-electron chi connectivity index (χ1n) is 12.5. The van der Waals surface area contributed by atoms with Gasteiger partial charge in [-0.2, -0.15) is 0 Å². The van der Waals surface area contributed by atoms with Crippen LogP contribution in [-0.2, 0) is 19.2 Å². The number of nitrogens with one attached hydrogen (secondary N) is 2. The van der Waals surface area contributed by atoms with Gasteiger partial charge >= 0.3 is 5.97 Å². The summed E-state index contributed by atoms with van der Waals surface area (Å²) in [6.45, 7) is 3.42. The molecule has 1 saturated carbocycles. The fourth-order valence-corrected chi connectivity index (χ4v) is 5.03. The Labute approximate surface area is 231 Å². The van der Waals surface area contributed by atoms with E-state index in [1.807, 2.05) is 34.5 Å². The van der Waals surface area contributed by atoms with Crippen LogP contribution >= 0.6 is 22.6 Å².